The van der Waals surface area contributed by atoms with Gasteiger partial charge in [-0.25, -0.2) is 0 Å². The Morgan fingerprint density at radius 1 is 1.27 bits per heavy atom. The van der Waals surface area contributed by atoms with E-state index in [9.17, 15) is 0 Å². The summed E-state index contributed by atoms with van der Waals surface area (Å²) >= 11 is 0. The standard InChI is InChI=1S/C20H32N4OSi/c1-19(2,3)26(5,6)25-20(11-8-12-20)17(18-23-22-14-24(18)4)15-9-7-10-16(21)13-15/h7,9-10,13-14,17H,8,11-12,21H2,1-6H3. The van der Waals surface area contributed by atoms with Gasteiger partial charge >= 0.3 is 0 Å². The lowest BCUT2D eigenvalue weighted by molar-refractivity contribution is -0.0367. The Bertz CT molecular complexity index is 774. The molecular formula is C20H32N4OSi. The molecule has 1 aromatic heterocycles. The van der Waals surface area contributed by atoms with E-state index in [4.69, 9.17) is 10.2 Å². The Balaban J connectivity index is 2.10. The highest BCUT2D eigenvalue weighted by Crippen LogP contribution is 2.53. The fourth-order valence-corrected chi connectivity index (χ4v) is 5.26. The molecule has 0 amide bonds. The summed E-state index contributed by atoms with van der Waals surface area (Å²) < 4.78 is 9.09. The summed E-state index contributed by atoms with van der Waals surface area (Å²) in [5, 5.41) is 8.78. The summed E-state index contributed by atoms with van der Waals surface area (Å²) in [6.07, 6.45) is 5.05. The first-order valence-corrected chi connectivity index (χ1v) is 12.4. The van der Waals surface area contributed by atoms with Gasteiger partial charge in [0.15, 0.2) is 8.32 Å². The van der Waals surface area contributed by atoms with Gasteiger partial charge in [-0.2, -0.15) is 0 Å². The number of hydrogen-bond acceptors (Lipinski definition) is 4. The average molecular weight is 373 g/mol. The quantitative estimate of drug-likeness (QED) is 0.621. The summed E-state index contributed by atoms with van der Waals surface area (Å²) in [5.74, 6) is 0.996. The van der Waals surface area contributed by atoms with Crippen LogP contribution in [-0.2, 0) is 11.5 Å². The molecule has 1 saturated carbocycles. The molecule has 0 spiro atoms. The van der Waals surface area contributed by atoms with Gasteiger partial charge in [-0.15, -0.1) is 10.2 Å². The van der Waals surface area contributed by atoms with E-state index in [-0.39, 0.29) is 16.6 Å². The van der Waals surface area contributed by atoms with Crippen molar-refractivity contribution in [2.75, 3.05) is 5.73 Å². The van der Waals surface area contributed by atoms with Crippen LogP contribution in [0.5, 0.6) is 0 Å². The molecule has 142 valence electrons. The van der Waals surface area contributed by atoms with Crippen LogP contribution in [0.1, 0.15) is 57.3 Å². The van der Waals surface area contributed by atoms with E-state index >= 15 is 0 Å². The van der Waals surface area contributed by atoms with Crippen molar-refractivity contribution in [2.45, 2.75) is 69.7 Å². The first-order chi connectivity index (χ1) is 12.1. The fraction of sp³-hybridized carbons (Fsp3) is 0.600. The van der Waals surface area contributed by atoms with Gasteiger partial charge in [0, 0.05) is 12.7 Å². The summed E-state index contributed by atoms with van der Waals surface area (Å²) in [5.41, 5.74) is 7.83. The molecule has 3 rings (SSSR count). The molecule has 5 nitrogen and oxygen atoms in total. The predicted molar refractivity (Wildman–Crippen MR) is 109 cm³/mol. The zero-order valence-corrected chi connectivity index (χ0v) is 17.9. The van der Waals surface area contributed by atoms with Gasteiger partial charge in [0.1, 0.15) is 12.2 Å². The maximum Gasteiger partial charge on any atom is 0.192 e. The first-order valence-electron chi connectivity index (χ1n) is 9.45. The van der Waals surface area contributed by atoms with Crippen LogP contribution in [0.15, 0.2) is 30.6 Å². The third kappa shape index (κ3) is 3.32. The van der Waals surface area contributed by atoms with Crippen molar-refractivity contribution < 1.29 is 4.43 Å². The van der Waals surface area contributed by atoms with Crippen molar-refractivity contribution in [1.82, 2.24) is 14.8 Å². The minimum atomic E-state index is -1.94. The molecule has 1 heterocycles. The molecule has 2 N–H and O–H groups in total. The van der Waals surface area contributed by atoms with Crippen LogP contribution in [-0.4, -0.2) is 28.7 Å². The molecule has 0 radical (unpaired) electrons. The number of hydrogen-bond donors (Lipinski definition) is 1. The van der Waals surface area contributed by atoms with Crippen LogP contribution in [0.2, 0.25) is 18.1 Å². The summed E-state index contributed by atoms with van der Waals surface area (Å²) in [6.45, 7) is 11.6. The van der Waals surface area contributed by atoms with Crippen molar-refractivity contribution >= 4 is 14.0 Å². The van der Waals surface area contributed by atoms with Gasteiger partial charge in [0.2, 0.25) is 0 Å². The van der Waals surface area contributed by atoms with Crippen LogP contribution in [0.3, 0.4) is 0 Å². The minimum absolute atomic E-state index is 0.0429. The lowest BCUT2D eigenvalue weighted by atomic mass is 9.68. The maximum absolute atomic E-state index is 7.08. The highest BCUT2D eigenvalue weighted by Gasteiger charge is 2.53. The lowest BCUT2D eigenvalue weighted by Gasteiger charge is -2.53. The van der Waals surface area contributed by atoms with Crippen molar-refractivity contribution in [2.24, 2.45) is 7.05 Å². The number of nitrogen functional groups attached to an aromatic ring is 1. The van der Waals surface area contributed by atoms with Crippen LogP contribution in [0.4, 0.5) is 5.69 Å². The molecule has 1 aromatic carbocycles. The van der Waals surface area contributed by atoms with Crippen LogP contribution >= 0.6 is 0 Å². The first kappa shape index (κ1) is 19.1. The fourth-order valence-electron chi connectivity index (χ4n) is 3.62. The summed E-state index contributed by atoms with van der Waals surface area (Å²) in [6, 6.07) is 8.16. The molecular weight excluding hydrogens is 340 g/mol. The second-order valence-electron chi connectivity index (χ2n) is 9.18. The topological polar surface area (TPSA) is 66.0 Å². The van der Waals surface area contributed by atoms with Crippen molar-refractivity contribution in [3.63, 3.8) is 0 Å². The summed E-state index contributed by atoms with van der Waals surface area (Å²) in [4.78, 5) is 0. The number of benzene rings is 1. The van der Waals surface area contributed by atoms with Crippen LogP contribution < -0.4 is 5.73 Å². The molecule has 2 aromatic rings. The second kappa shape index (κ2) is 6.50. The van der Waals surface area contributed by atoms with Crippen LogP contribution in [0.25, 0.3) is 0 Å². The Morgan fingerprint density at radius 2 is 1.96 bits per heavy atom. The van der Waals surface area contributed by atoms with Gasteiger partial charge in [0.05, 0.1) is 11.5 Å². The molecule has 1 atom stereocenters. The number of anilines is 1. The Kier molecular flexibility index (Phi) is 4.77. The van der Waals surface area contributed by atoms with E-state index in [1.165, 1.54) is 12.0 Å². The van der Waals surface area contributed by atoms with E-state index in [2.05, 4.69) is 56.2 Å². The molecule has 1 unspecified atom stereocenters. The molecule has 6 heteroatoms. The lowest BCUT2D eigenvalue weighted by Crippen LogP contribution is -2.56. The van der Waals surface area contributed by atoms with E-state index < -0.39 is 8.32 Å². The molecule has 26 heavy (non-hydrogen) atoms. The maximum atomic E-state index is 7.08. The van der Waals surface area contributed by atoms with Gasteiger partial charge in [-0.3, -0.25) is 0 Å². The van der Waals surface area contributed by atoms with Crippen molar-refractivity contribution in [3.05, 3.63) is 42.0 Å². The average Bonchev–Trinajstić information content (AvgIpc) is 2.89. The number of nitrogens with zero attached hydrogens (tertiary/aromatic N) is 3. The van der Waals surface area contributed by atoms with E-state index in [0.717, 1.165) is 24.4 Å². The number of aromatic nitrogens is 3. The minimum Gasteiger partial charge on any atom is -0.410 e. The normalized spacial score (nSPS) is 18.4. The molecule has 0 bridgehead atoms. The van der Waals surface area contributed by atoms with Gasteiger partial charge in [-0.1, -0.05) is 32.9 Å². The Hall–Kier alpha value is -1.66. The number of nitrogens with two attached hydrogens (primary N) is 1. The third-order valence-corrected chi connectivity index (χ3v) is 10.8. The molecule has 0 aliphatic heterocycles. The number of rotatable bonds is 5. The van der Waals surface area contributed by atoms with E-state index in [1.54, 1.807) is 6.33 Å². The van der Waals surface area contributed by atoms with E-state index in [1.807, 2.05) is 23.7 Å². The predicted octanol–water partition coefficient (Wildman–Crippen LogP) is 4.47. The highest BCUT2D eigenvalue weighted by atomic mass is 28.4. The second-order valence-corrected chi connectivity index (χ2v) is 13.9. The smallest absolute Gasteiger partial charge is 0.192 e. The van der Waals surface area contributed by atoms with Gasteiger partial charge < -0.3 is 14.7 Å². The van der Waals surface area contributed by atoms with Gasteiger partial charge in [0.25, 0.3) is 0 Å². The Labute approximate surface area is 158 Å². The number of aryl methyl sites for hydroxylation is 1. The highest BCUT2D eigenvalue weighted by molar-refractivity contribution is 6.74. The monoisotopic (exact) mass is 372 g/mol. The summed E-state index contributed by atoms with van der Waals surface area (Å²) in [7, 11) is 0.0694. The largest absolute Gasteiger partial charge is 0.410 e. The van der Waals surface area contributed by atoms with Crippen molar-refractivity contribution in [3.8, 4) is 0 Å². The molecule has 1 fully saturated rings. The zero-order valence-electron chi connectivity index (χ0n) is 16.9. The molecule has 1 aliphatic carbocycles. The third-order valence-electron chi connectivity index (χ3n) is 6.24. The Morgan fingerprint density at radius 3 is 2.42 bits per heavy atom. The van der Waals surface area contributed by atoms with E-state index in [0.29, 0.717) is 0 Å². The van der Waals surface area contributed by atoms with Crippen molar-refractivity contribution in [1.29, 1.82) is 0 Å². The molecule has 1 aliphatic rings. The van der Waals surface area contributed by atoms with Crippen LogP contribution in [0, 0.1) is 0 Å². The SMILES string of the molecule is Cn1cnnc1C(c1cccc(N)c1)C1(O[Si](C)(C)C(C)(C)C)CCC1. The zero-order chi connectivity index (χ0) is 19.2. The molecule has 0 saturated heterocycles. The van der Waals surface area contributed by atoms with Gasteiger partial charge in [-0.05, 0) is 55.1 Å².